The third-order valence-electron chi connectivity index (χ3n) is 3.37. The monoisotopic (exact) mass is 248 g/mol. The van der Waals surface area contributed by atoms with Gasteiger partial charge in [-0.2, -0.15) is 0 Å². The maximum Gasteiger partial charge on any atom is 0.104 e. The Morgan fingerprint density at radius 1 is 0.895 bits per heavy atom. The maximum atomic E-state index is 4.59. The first-order valence-electron chi connectivity index (χ1n) is 6.21. The summed E-state index contributed by atoms with van der Waals surface area (Å²) in [5, 5.41) is 0. The van der Waals surface area contributed by atoms with Crippen LogP contribution in [-0.4, -0.2) is 19.9 Å². The zero-order chi connectivity index (χ0) is 12.8. The summed E-state index contributed by atoms with van der Waals surface area (Å²) in [6.45, 7) is 1.97. The van der Waals surface area contributed by atoms with Crippen molar-refractivity contribution in [2.24, 2.45) is 0 Å². The van der Waals surface area contributed by atoms with Crippen LogP contribution < -0.4 is 0 Å². The normalized spacial score (nSPS) is 11.4. The van der Waals surface area contributed by atoms with E-state index < -0.39 is 0 Å². The first kappa shape index (κ1) is 10.3. The van der Waals surface area contributed by atoms with Crippen molar-refractivity contribution in [2.45, 2.75) is 6.92 Å². The van der Waals surface area contributed by atoms with Gasteiger partial charge in [0.25, 0.3) is 0 Å². The van der Waals surface area contributed by atoms with E-state index in [0.29, 0.717) is 0 Å². The Morgan fingerprint density at radius 3 is 2.47 bits per heavy atom. The minimum atomic E-state index is 0.927. The van der Waals surface area contributed by atoms with Crippen molar-refractivity contribution in [1.29, 1.82) is 0 Å². The minimum Gasteiger partial charge on any atom is -0.345 e. The SMILES string of the molecule is Cc1nc2c(-c3cccc4[nH]cnc34)cccc2[nH]1. The van der Waals surface area contributed by atoms with E-state index in [1.54, 1.807) is 6.33 Å². The van der Waals surface area contributed by atoms with Gasteiger partial charge in [0, 0.05) is 11.1 Å². The van der Waals surface area contributed by atoms with E-state index in [1.807, 2.05) is 31.2 Å². The summed E-state index contributed by atoms with van der Waals surface area (Å²) in [5.41, 5.74) is 6.30. The zero-order valence-corrected chi connectivity index (χ0v) is 10.4. The van der Waals surface area contributed by atoms with Crippen LogP contribution in [0.15, 0.2) is 42.7 Å². The van der Waals surface area contributed by atoms with Crippen LogP contribution in [0.5, 0.6) is 0 Å². The number of H-pyrrole nitrogens is 2. The van der Waals surface area contributed by atoms with E-state index in [4.69, 9.17) is 0 Å². The molecule has 0 aliphatic carbocycles. The van der Waals surface area contributed by atoms with E-state index in [2.05, 4.69) is 32.1 Å². The highest BCUT2D eigenvalue weighted by molar-refractivity contribution is 6.00. The molecule has 0 saturated carbocycles. The summed E-state index contributed by atoms with van der Waals surface area (Å²) in [7, 11) is 0. The van der Waals surface area contributed by atoms with Crippen LogP contribution in [0.2, 0.25) is 0 Å². The van der Waals surface area contributed by atoms with Crippen molar-refractivity contribution in [2.75, 3.05) is 0 Å². The summed E-state index contributed by atoms with van der Waals surface area (Å²) in [4.78, 5) is 15.4. The molecule has 0 saturated heterocycles. The second kappa shape index (κ2) is 3.68. The third kappa shape index (κ3) is 1.46. The predicted molar refractivity (Wildman–Crippen MR) is 75.9 cm³/mol. The summed E-state index contributed by atoms with van der Waals surface area (Å²) >= 11 is 0. The minimum absolute atomic E-state index is 0.927. The van der Waals surface area contributed by atoms with E-state index in [-0.39, 0.29) is 0 Å². The summed E-state index contributed by atoms with van der Waals surface area (Å²) in [5.74, 6) is 0.927. The quantitative estimate of drug-likeness (QED) is 0.542. The molecule has 92 valence electrons. The molecule has 2 aromatic heterocycles. The number of rotatable bonds is 1. The first-order chi connectivity index (χ1) is 9.33. The van der Waals surface area contributed by atoms with Crippen LogP contribution in [0.3, 0.4) is 0 Å². The number of fused-ring (bicyclic) bond motifs is 2. The lowest BCUT2D eigenvalue weighted by molar-refractivity contribution is 1.17. The fraction of sp³-hybridized carbons (Fsp3) is 0.0667. The van der Waals surface area contributed by atoms with Gasteiger partial charge in [-0.3, -0.25) is 0 Å². The molecule has 19 heavy (non-hydrogen) atoms. The average Bonchev–Trinajstić information content (AvgIpc) is 3.02. The smallest absolute Gasteiger partial charge is 0.104 e. The number of nitrogens with one attached hydrogen (secondary N) is 2. The molecule has 4 heteroatoms. The molecule has 0 amide bonds. The Hall–Kier alpha value is -2.62. The Labute approximate surface area is 109 Å². The van der Waals surface area contributed by atoms with Gasteiger partial charge in [-0.1, -0.05) is 24.3 Å². The Morgan fingerprint density at radius 2 is 1.63 bits per heavy atom. The standard InChI is InChI=1S/C15H12N4/c1-9-18-13-7-3-5-11(15(13)19-9)10-4-2-6-12-14(10)17-8-16-12/h2-8H,1H3,(H,16,17)(H,18,19). The molecule has 4 nitrogen and oxygen atoms in total. The molecule has 2 aromatic carbocycles. The van der Waals surface area contributed by atoms with Crippen molar-refractivity contribution < 1.29 is 0 Å². The largest absolute Gasteiger partial charge is 0.345 e. The lowest BCUT2D eigenvalue weighted by atomic mass is 10.0. The van der Waals surface area contributed by atoms with Crippen LogP contribution in [0.25, 0.3) is 33.2 Å². The van der Waals surface area contributed by atoms with Crippen LogP contribution in [0.1, 0.15) is 5.82 Å². The molecule has 0 bridgehead atoms. The molecular formula is C15H12N4. The topological polar surface area (TPSA) is 57.4 Å². The van der Waals surface area contributed by atoms with Gasteiger partial charge in [0.15, 0.2) is 0 Å². The average molecular weight is 248 g/mol. The third-order valence-corrected chi connectivity index (χ3v) is 3.37. The zero-order valence-electron chi connectivity index (χ0n) is 10.4. The Balaban J connectivity index is 2.12. The number of hydrogen-bond donors (Lipinski definition) is 2. The fourth-order valence-electron chi connectivity index (χ4n) is 2.56. The molecule has 0 aliphatic heterocycles. The first-order valence-corrected chi connectivity index (χ1v) is 6.21. The number of benzene rings is 2. The predicted octanol–water partition coefficient (Wildman–Crippen LogP) is 3.41. The van der Waals surface area contributed by atoms with Gasteiger partial charge in [0.1, 0.15) is 5.82 Å². The summed E-state index contributed by atoms with van der Waals surface area (Å²) in [6.07, 6.45) is 1.73. The lowest BCUT2D eigenvalue weighted by Gasteiger charge is -2.03. The van der Waals surface area contributed by atoms with Crippen molar-refractivity contribution in [3.8, 4) is 11.1 Å². The molecule has 2 heterocycles. The molecule has 0 radical (unpaired) electrons. The molecule has 0 spiro atoms. The Kier molecular flexibility index (Phi) is 2.00. The van der Waals surface area contributed by atoms with Crippen molar-refractivity contribution in [1.82, 2.24) is 19.9 Å². The van der Waals surface area contributed by atoms with E-state index in [1.165, 1.54) is 0 Å². The van der Waals surface area contributed by atoms with Crippen LogP contribution in [0, 0.1) is 6.92 Å². The molecule has 4 aromatic rings. The highest BCUT2D eigenvalue weighted by Crippen LogP contribution is 2.31. The molecule has 4 rings (SSSR count). The number of hydrogen-bond acceptors (Lipinski definition) is 2. The highest BCUT2D eigenvalue weighted by atomic mass is 14.9. The van der Waals surface area contributed by atoms with Crippen LogP contribution in [0.4, 0.5) is 0 Å². The van der Waals surface area contributed by atoms with Crippen LogP contribution in [-0.2, 0) is 0 Å². The van der Waals surface area contributed by atoms with Gasteiger partial charge in [-0.15, -0.1) is 0 Å². The molecule has 0 aliphatic rings. The fourth-order valence-corrected chi connectivity index (χ4v) is 2.56. The number of aryl methyl sites for hydroxylation is 1. The van der Waals surface area contributed by atoms with Crippen molar-refractivity contribution in [3.05, 3.63) is 48.5 Å². The molecular weight excluding hydrogens is 236 g/mol. The van der Waals surface area contributed by atoms with E-state index >= 15 is 0 Å². The molecule has 0 atom stereocenters. The van der Waals surface area contributed by atoms with Gasteiger partial charge in [0.2, 0.25) is 0 Å². The number of aromatic nitrogens is 4. The van der Waals surface area contributed by atoms with E-state index in [0.717, 1.165) is 39.0 Å². The summed E-state index contributed by atoms with van der Waals surface area (Å²) in [6, 6.07) is 12.3. The second-order valence-corrected chi connectivity index (χ2v) is 4.63. The van der Waals surface area contributed by atoms with Gasteiger partial charge in [-0.25, -0.2) is 9.97 Å². The number of aromatic amines is 2. The molecule has 0 fully saturated rings. The maximum absolute atomic E-state index is 4.59. The summed E-state index contributed by atoms with van der Waals surface area (Å²) < 4.78 is 0. The van der Waals surface area contributed by atoms with Gasteiger partial charge < -0.3 is 9.97 Å². The number of para-hydroxylation sites is 2. The van der Waals surface area contributed by atoms with Gasteiger partial charge in [0.05, 0.1) is 28.4 Å². The lowest BCUT2D eigenvalue weighted by Crippen LogP contribution is -1.83. The highest BCUT2D eigenvalue weighted by Gasteiger charge is 2.11. The van der Waals surface area contributed by atoms with Crippen LogP contribution >= 0.6 is 0 Å². The van der Waals surface area contributed by atoms with Gasteiger partial charge >= 0.3 is 0 Å². The Bertz CT molecular complexity index is 885. The van der Waals surface area contributed by atoms with Gasteiger partial charge in [-0.05, 0) is 19.1 Å². The molecule has 2 N–H and O–H groups in total. The second-order valence-electron chi connectivity index (χ2n) is 4.63. The van der Waals surface area contributed by atoms with E-state index in [9.17, 15) is 0 Å². The number of imidazole rings is 2. The number of nitrogens with zero attached hydrogens (tertiary/aromatic N) is 2. The van der Waals surface area contributed by atoms with Crippen molar-refractivity contribution >= 4 is 22.1 Å². The molecule has 0 unspecified atom stereocenters. The van der Waals surface area contributed by atoms with Crippen molar-refractivity contribution in [3.63, 3.8) is 0 Å².